The van der Waals surface area contributed by atoms with E-state index in [4.69, 9.17) is 5.11 Å². The molecule has 0 atom stereocenters. The number of piperazine rings is 1. The number of nitrogens with zero attached hydrogens (tertiary/aromatic N) is 3. The number of hydrogen-bond acceptors (Lipinski definition) is 4. The molecule has 5 heteroatoms. The van der Waals surface area contributed by atoms with Crippen molar-refractivity contribution in [2.24, 2.45) is 0 Å². The lowest BCUT2D eigenvalue weighted by Crippen LogP contribution is -2.46. The lowest BCUT2D eigenvalue weighted by Gasteiger charge is -2.35. The van der Waals surface area contributed by atoms with Gasteiger partial charge in [-0.3, -0.25) is 9.80 Å². The standard InChI is InChI=1S/C17H26FN3O/c18-16-4-3-5-17(21-6-1-2-7-21)15(16)14-20-10-8-19(9-11-20)12-13-22/h3-5,22H,1-2,6-14H2. The second-order valence-electron chi connectivity index (χ2n) is 6.27. The van der Waals surface area contributed by atoms with Crippen LogP contribution in [0.4, 0.5) is 10.1 Å². The molecule has 1 aromatic carbocycles. The van der Waals surface area contributed by atoms with E-state index in [0.29, 0.717) is 6.54 Å². The first-order valence-corrected chi connectivity index (χ1v) is 8.36. The van der Waals surface area contributed by atoms with Crippen molar-refractivity contribution >= 4 is 5.69 Å². The van der Waals surface area contributed by atoms with Gasteiger partial charge in [-0.2, -0.15) is 0 Å². The van der Waals surface area contributed by atoms with Crippen molar-refractivity contribution < 1.29 is 9.50 Å². The summed E-state index contributed by atoms with van der Waals surface area (Å²) in [5.41, 5.74) is 1.93. The van der Waals surface area contributed by atoms with Crippen LogP contribution in [-0.2, 0) is 6.54 Å². The summed E-state index contributed by atoms with van der Waals surface area (Å²) in [7, 11) is 0. The first kappa shape index (κ1) is 15.7. The quantitative estimate of drug-likeness (QED) is 0.894. The molecule has 1 aromatic rings. The monoisotopic (exact) mass is 307 g/mol. The molecule has 2 fully saturated rings. The lowest BCUT2D eigenvalue weighted by molar-refractivity contribution is 0.108. The van der Waals surface area contributed by atoms with E-state index in [2.05, 4.69) is 20.8 Å². The predicted octanol–water partition coefficient (Wildman–Crippen LogP) is 1.54. The summed E-state index contributed by atoms with van der Waals surface area (Å²) in [5, 5.41) is 9.00. The van der Waals surface area contributed by atoms with Crippen LogP contribution in [0, 0.1) is 5.82 Å². The van der Waals surface area contributed by atoms with Gasteiger partial charge in [0.2, 0.25) is 0 Å². The van der Waals surface area contributed by atoms with Crippen LogP contribution in [-0.4, -0.2) is 67.3 Å². The maximum Gasteiger partial charge on any atom is 0.129 e. The zero-order valence-electron chi connectivity index (χ0n) is 13.2. The molecular formula is C17H26FN3O. The van der Waals surface area contributed by atoms with Gasteiger partial charge in [0, 0.05) is 63.6 Å². The highest BCUT2D eigenvalue weighted by atomic mass is 19.1. The van der Waals surface area contributed by atoms with Crippen LogP contribution < -0.4 is 4.90 Å². The van der Waals surface area contributed by atoms with E-state index in [-0.39, 0.29) is 12.4 Å². The molecule has 0 radical (unpaired) electrons. The Kier molecular flexibility index (Phi) is 5.28. The fraction of sp³-hybridized carbons (Fsp3) is 0.647. The molecule has 4 nitrogen and oxygen atoms in total. The Bertz CT molecular complexity index is 483. The van der Waals surface area contributed by atoms with Crippen LogP contribution >= 0.6 is 0 Å². The van der Waals surface area contributed by atoms with Crippen molar-refractivity contribution in [1.82, 2.24) is 9.80 Å². The minimum absolute atomic E-state index is 0.0813. The van der Waals surface area contributed by atoms with Crippen LogP contribution in [0.5, 0.6) is 0 Å². The normalized spacial score (nSPS) is 20.7. The topological polar surface area (TPSA) is 30.0 Å². The number of rotatable bonds is 5. The third-order valence-corrected chi connectivity index (χ3v) is 4.80. The number of benzene rings is 1. The Labute approximate surface area is 132 Å². The van der Waals surface area contributed by atoms with Crippen molar-refractivity contribution in [1.29, 1.82) is 0 Å². The summed E-state index contributed by atoms with van der Waals surface area (Å²) in [6, 6.07) is 5.47. The Balaban J connectivity index is 1.67. The van der Waals surface area contributed by atoms with Gasteiger partial charge in [-0.25, -0.2) is 4.39 Å². The number of aliphatic hydroxyl groups excluding tert-OH is 1. The SMILES string of the molecule is OCCN1CCN(Cc2c(F)cccc2N2CCCC2)CC1. The highest BCUT2D eigenvalue weighted by Crippen LogP contribution is 2.28. The lowest BCUT2D eigenvalue weighted by atomic mass is 10.1. The van der Waals surface area contributed by atoms with Crippen LogP contribution in [0.3, 0.4) is 0 Å². The Morgan fingerprint density at radius 1 is 0.955 bits per heavy atom. The Hall–Kier alpha value is -1.17. The molecular weight excluding hydrogens is 281 g/mol. The van der Waals surface area contributed by atoms with Crippen LogP contribution in [0.25, 0.3) is 0 Å². The maximum absolute atomic E-state index is 14.4. The second kappa shape index (κ2) is 7.40. The zero-order chi connectivity index (χ0) is 15.4. The molecule has 1 N–H and O–H groups in total. The van der Waals surface area contributed by atoms with Crippen molar-refractivity contribution in [3.8, 4) is 0 Å². The molecule has 122 valence electrons. The molecule has 0 aromatic heterocycles. The third kappa shape index (κ3) is 3.59. The Morgan fingerprint density at radius 3 is 2.32 bits per heavy atom. The summed E-state index contributed by atoms with van der Waals surface area (Å²) < 4.78 is 14.4. The first-order chi connectivity index (χ1) is 10.8. The van der Waals surface area contributed by atoms with Crippen molar-refractivity contribution in [3.63, 3.8) is 0 Å². The number of aliphatic hydroxyl groups is 1. The summed E-state index contributed by atoms with van der Waals surface area (Å²) in [6.45, 7) is 7.51. The third-order valence-electron chi connectivity index (χ3n) is 4.80. The van der Waals surface area contributed by atoms with E-state index in [1.807, 2.05) is 6.07 Å². The van der Waals surface area contributed by atoms with E-state index in [0.717, 1.165) is 57.1 Å². The molecule has 22 heavy (non-hydrogen) atoms. The highest BCUT2D eigenvalue weighted by molar-refractivity contribution is 5.54. The van der Waals surface area contributed by atoms with Gasteiger partial charge in [0.15, 0.2) is 0 Å². The van der Waals surface area contributed by atoms with Gasteiger partial charge in [0.25, 0.3) is 0 Å². The molecule has 0 saturated carbocycles. The molecule has 0 amide bonds. The molecule has 2 heterocycles. The fourth-order valence-electron chi connectivity index (χ4n) is 3.49. The van der Waals surface area contributed by atoms with E-state index >= 15 is 0 Å². The summed E-state index contributed by atoms with van der Waals surface area (Å²) >= 11 is 0. The number of hydrogen-bond donors (Lipinski definition) is 1. The smallest absolute Gasteiger partial charge is 0.129 e. The molecule has 2 aliphatic heterocycles. The van der Waals surface area contributed by atoms with Crippen LogP contribution in [0.1, 0.15) is 18.4 Å². The molecule has 0 unspecified atom stereocenters. The van der Waals surface area contributed by atoms with Gasteiger partial charge < -0.3 is 10.0 Å². The maximum atomic E-state index is 14.4. The first-order valence-electron chi connectivity index (χ1n) is 8.36. The summed E-state index contributed by atoms with van der Waals surface area (Å²) in [6.07, 6.45) is 2.41. The molecule has 0 spiro atoms. The van der Waals surface area contributed by atoms with Gasteiger partial charge in [-0.05, 0) is 25.0 Å². The average molecular weight is 307 g/mol. The zero-order valence-corrected chi connectivity index (χ0v) is 13.2. The van der Waals surface area contributed by atoms with E-state index in [1.165, 1.54) is 12.8 Å². The largest absolute Gasteiger partial charge is 0.395 e. The fourth-order valence-corrected chi connectivity index (χ4v) is 3.49. The predicted molar refractivity (Wildman–Crippen MR) is 86.6 cm³/mol. The van der Waals surface area contributed by atoms with Gasteiger partial charge >= 0.3 is 0 Å². The van der Waals surface area contributed by atoms with Crippen LogP contribution in [0.2, 0.25) is 0 Å². The van der Waals surface area contributed by atoms with Crippen molar-refractivity contribution in [2.45, 2.75) is 19.4 Å². The van der Waals surface area contributed by atoms with E-state index in [1.54, 1.807) is 6.07 Å². The summed E-state index contributed by atoms with van der Waals surface area (Å²) in [4.78, 5) is 6.91. The Morgan fingerprint density at radius 2 is 1.64 bits per heavy atom. The highest BCUT2D eigenvalue weighted by Gasteiger charge is 2.22. The number of anilines is 1. The second-order valence-corrected chi connectivity index (χ2v) is 6.27. The minimum atomic E-state index is -0.0813. The van der Waals surface area contributed by atoms with Gasteiger partial charge in [0.05, 0.1) is 6.61 Å². The molecule has 0 bridgehead atoms. The number of β-amino-alcohol motifs (C(OH)–C–C–N with tert-alkyl or cyclic N) is 1. The van der Waals surface area contributed by atoms with E-state index < -0.39 is 0 Å². The molecule has 3 rings (SSSR count). The average Bonchev–Trinajstić information content (AvgIpc) is 3.05. The molecule has 0 aliphatic carbocycles. The minimum Gasteiger partial charge on any atom is -0.395 e. The van der Waals surface area contributed by atoms with Gasteiger partial charge in [-0.1, -0.05) is 6.07 Å². The van der Waals surface area contributed by atoms with E-state index in [9.17, 15) is 4.39 Å². The summed E-state index contributed by atoms with van der Waals surface area (Å²) in [5.74, 6) is -0.0813. The van der Waals surface area contributed by atoms with Crippen molar-refractivity contribution in [3.05, 3.63) is 29.6 Å². The van der Waals surface area contributed by atoms with Crippen molar-refractivity contribution in [2.75, 3.05) is 57.3 Å². The molecule has 2 aliphatic rings. The van der Waals surface area contributed by atoms with Gasteiger partial charge in [-0.15, -0.1) is 0 Å². The number of halogens is 1. The molecule has 2 saturated heterocycles. The van der Waals surface area contributed by atoms with Crippen LogP contribution in [0.15, 0.2) is 18.2 Å². The van der Waals surface area contributed by atoms with Gasteiger partial charge in [0.1, 0.15) is 5.82 Å².